The molecule has 0 bridgehead atoms. The largest absolute Gasteiger partial charge is 0.387 e. The minimum atomic E-state index is -0.270. The van der Waals surface area contributed by atoms with E-state index in [1.54, 1.807) is 0 Å². The highest BCUT2D eigenvalue weighted by atomic mass is 16.3. The van der Waals surface area contributed by atoms with Gasteiger partial charge in [-0.3, -0.25) is 4.90 Å². The molecule has 3 unspecified atom stereocenters. The van der Waals surface area contributed by atoms with Crippen molar-refractivity contribution in [3.05, 3.63) is 35.4 Å². The van der Waals surface area contributed by atoms with Gasteiger partial charge in [0.05, 0.1) is 6.10 Å². The molecule has 1 saturated heterocycles. The first-order chi connectivity index (χ1) is 9.84. The number of aliphatic hydroxyl groups is 1. The summed E-state index contributed by atoms with van der Waals surface area (Å²) in [5.41, 5.74) is 2.54. The fourth-order valence-corrected chi connectivity index (χ4v) is 4.93. The van der Waals surface area contributed by atoms with E-state index in [2.05, 4.69) is 29.2 Å². The molecular formula is C18H25NO. The highest BCUT2D eigenvalue weighted by molar-refractivity contribution is 5.36. The van der Waals surface area contributed by atoms with Crippen LogP contribution in [-0.2, 0) is 6.42 Å². The average molecular weight is 271 g/mol. The van der Waals surface area contributed by atoms with Crippen LogP contribution in [0.3, 0.4) is 0 Å². The standard InChI is InChI=1S/C18H25NO/c20-18-15-9-4-3-8-14(15)12-17(18)19-11-5-10-16(19)13-6-1-2-7-13/h3-4,8-9,13,16-18,20H,1-2,5-7,10-12H2. The van der Waals surface area contributed by atoms with E-state index < -0.39 is 0 Å². The van der Waals surface area contributed by atoms with Crippen LogP contribution in [0.4, 0.5) is 0 Å². The van der Waals surface area contributed by atoms with Gasteiger partial charge in [-0.2, -0.15) is 0 Å². The molecule has 0 aromatic heterocycles. The Morgan fingerprint density at radius 3 is 2.55 bits per heavy atom. The maximum Gasteiger partial charge on any atom is 0.0951 e. The number of benzene rings is 1. The van der Waals surface area contributed by atoms with Gasteiger partial charge < -0.3 is 5.11 Å². The summed E-state index contributed by atoms with van der Waals surface area (Å²) in [5, 5.41) is 10.7. The number of nitrogens with zero attached hydrogens (tertiary/aromatic N) is 1. The molecule has 1 saturated carbocycles. The molecule has 2 nitrogen and oxygen atoms in total. The van der Waals surface area contributed by atoms with Crippen LogP contribution in [0.1, 0.15) is 55.8 Å². The lowest BCUT2D eigenvalue weighted by molar-refractivity contribution is 0.0382. The van der Waals surface area contributed by atoms with Crippen molar-refractivity contribution in [2.45, 2.75) is 63.1 Å². The lowest BCUT2D eigenvalue weighted by atomic mass is 9.94. The number of hydrogen-bond donors (Lipinski definition) is 1. The molecule has 2 heteroatoms. The predicted octanol–water partition coefficient (Wildman–Crippen LogP) is 3.30. The van der Waals surface area contributed by atoms with Crippen LogP contribution in [0.15, 0.2) is 24.3 Å². The second-order valence-corrected chi connectivity index (χ2v) is 6.91. The normalized spacial score (nSPS) is 34.8. The Morgan fingerprint density at radius 1 is 0.950 bits per heavy atom. The highest BCUT2D eigenvalue weighted by Crippen LogP contribution is 2.42. The fraction of sp³-hybridized carbons (Fsp3) is 0.667. The van der Waals surface area contributed by atoms with E-state index in [4.69, 9.17) is 0 Å². The molecule has 0 amide bonds. The van der Waals surface area contributed by atoms with E-state index in [0.717, 1.165) is 18.4 Å². The van der Waals surface area contributed by atoms with Gasteiger partial charge in [-0.15, -0.1) is 0 Å². The van der Waals surface area contributed by atoms with Crippen LogP contribution in [0, 0.1) is 5.92 Å². The topological polar surface area (TPSA) is 23.5 Å². The van der Waals surface area contributed by atoms with E-state index in [9.17, 15) is 5.11 Å². The molecule has 1 aromatic carbocycles. The maximum atomic E-state index is 10.7. The maximum absolute atomic E-state index is 10.7. The van der Waals surface area contributed by atoms with Crippen molar-refractivity contribution < 1.29 is 5.11 Å². The second kappa shape index (κ2) is 5.16. The lowest BCUT2D eigenvalue weighted by Gasteiger charge is -2.35. The zero-order valence-electron chi connectivity index (χ0n) is 12.2. The van der Waals surface area contributed by atoms with Gasteiger partial charge in [0.15, 0.2) is 0 Å². The van der Waals surface area contributed by atoms with Gasteiger partial charge >= 0.3 is 0 Å². The van der Waals surface area contributed by atoms with Gasteiger partial charge in [0.25, 0.3) is 0 Å². The van der Waals surface area contributed by atoms with Crippen LogP contribution in [0.2, 0.25) is 0 Å². The van der Waals surface area contributed by atoms with Crippen molar-refractivity contribution in [1.82, 2.24) is 4.90 Å². The quantitative estimate of drug-likeness (QED) is 0.892. The van der Waals surface area contributed by atoms with Crippen LogP contribution < -0.4 is 0 Å². The minimum absolute atomic E-state index is 0.270. The molecule has 0 radical (unpaired) electrons. The van der Waals surface area contributed by atoms with Crippen LogP contribution in [0.5, 0.6) is 0 Å². The Balaban J connectivity index is 1.56. The van der Waals surface area contributed by atoms with E-state index in [-0.39, 0.29) is 6.10 Å². The van der Waals surface area contributed by atoms with Gasteiger partial charge in [0.2, 0.25) is 0 Å². The minimum Gasteiger partial charge on any atom is -0.387 e. The number of rotatable bonds is 2. The van der Waals surface area contributed by atoms with Crippen LogP contribution in [-0.4, -0.2) is 28.6 Å². The number of aliphatic hydroxyl groups excluding tert-OH is 1. The number of fused-ring (bicyclic) bond motifs is 1. The highest BCUT2D eigenvalue weighted by Gasteiger charge is 2.42. The Labute approximate surface area is 121 Å². The predicted molar refractivity (Wildman–Crippen MR) is 80.6 cm³/mol. The van der Waals surface area contributed by atoms with Gasteiger partial charge in [0, 0.05) is 12.1 Å². The molecule has 20 heavy (non-hydrogen) atoms. The first-order valence-electron chi connectivity index (χ1n) is 8.36. The Bertz CT molecular complexity index is 480. The molecule has 1 heterocycles. The van der Waals surface area contributed by atoms with Crippen molar-refractivity contribution in [1.29, 1.82) is 0 Å². The number of likely N-dealkylation sites (tertiary alicyclic amines) is 1. The molecule has 2 fully saturated rings. The van der Waals surface area contributed by atoms with Gasteiger partial charge in [0.1, 0.15) is 0 Å². The summed E-state index contributed by atoms with van der Waals surface area (Å²) < 4.78 is 0. The Hall–Kier alpha value is -0.860. The number of hydrogen-bond acceptors (Lipinski definition) is 2. The second-order valence-electron chi connectivity index (χ2n) is 6.91. The summed E-state index contributed by atoms with van der Waals surface area (Å²) in [6.45, 7) is 1.19. The third kappa shape index (κ3) is 2.01. The van der Waals surface area contributed by atoms with E-state index in [1.807, 2.05) is 0 Å². The molecule has 1 aliphatic heterocycles. The molecule has 1 aromatic rings. The van der Waals surface area contributed by atoms with Crippen LogP contribution in [0.25, 0.3) is 0 Å². The summed E-state index contributed by atoms with van der Waals surface area (Å²) in [6.07, 6.45) is 9.11. The third-order valence-electron chi connectivity index (χ3n) is 5.88. The summed E-state index contributed by atoms with van der Waals surface area (Å²) in [6, 6.07) is 9.54. The van der Waals surface area contributed by atoms with Crippen LogP contribution >= 0.6 is 0 Å². The van der Waals surface area contributed by atoms with E-state index in [0.29, 0.717) is 6.04 Å². The van der Waals surface area contributed by atoms with Gasteiger partial charge in [-0.25, -0.2) is 0 Å². The molecule has 4 rings (SSSR count). The summed E-state index contributed by atoms with van der Waals surface area (Å²) in [4.78, 5) is 2.67. The third-order valence-corrected chi connectivity index (χ3v) is 5.88. The average Bonchev–Trinajstić information content (AvgIpc) is 3.17. The molecule has 2 aliphatic carbocycles. The first-order valence-corrected chi connectivity index (χ1v) is 8.36. The monoisotopic (exact) mass is 271 g/mol. The summed E-state index contributed by atoms with van der Waals surface area (Å²) in [7, 11) is 0. The molecular weight excluding hydrogens is 246 g/mol. The lowest BCUT2D eigenvalue weighted by Crippen LogP contribution is -2.44. The Morgan fingerprint density at radius 2 is 1.75 bits per heavy atom. The molecule has 0 spiro atoms. The molecule has 1 N–H and O–H groups in total. The van der Waals surface area contributed by atoms with Crippen molar-refractivity contribution in [2.24, 2.45) is 5.92 Å². The van der Waals surface area contributed by atoms with Crippen molar-refractivity contribution >= 4 is 0 Å². The molecule has 3 atom stereocenters. The van der Waals surface area contributed by atoms with Crippen molar-refractivity contribution in [2.75, 3.05) is 6.54 Å². The first kappa shape index (κ1) is 12.8. The SMILES string of the molecule is OC1c2ccccc2CC1N1CCCC1C1CCCC1. The van der Waals surface area contributed by atoms with Crippen molar-refractivity contribution in [3.63, 3.8) is 0 Å². The molecule has 3 aliphatic rings. The Kier molecular flexibility index (Phi) is 3.31. The van der Waals surface area contributed by atoms with E-state index in [1.165, 1.54) is 56.2 Å². The van der Waals surface area contributed by atoms with Gasteiger partial charge in [-0.1, -0.05) is 37.1 Å². The van der Waals surface area contributed by atoms with Gasteiger partial charge in [-0.05, 0) is 55.7 Å². The zero-order valence-corrected chi connectivity index (χ0v) is 12.2. The fourth-order valence-electron chi connectivity index (χ4n) is 4.93. The molecule has 108 valence electrons. The van der Waals surface area contributed by atoms with E-state index >= 15 is 0 Å². The zero-order chi connectivity index (χ0) is 13.5. The van der Waals surface area contributed by atoms with Crippen molar-refractivity contribution in [3.8, 4) is 0 Å². The summed E-state index contributed by atoms with van der Waals surface area (Å²) >= 11 is 0. The smallest absolute Gasteiger partial charge is 0.0951 e. The summed E-state index contributed by atoms with van der Waals surface area (Å²) in [5.74, 6) is 0.897.